The van der Waals surface area contributed by atoms with E-state index in [0.29, 0.717) is 30.1 Å². The SMILES string of the molecule is CCCCCCCCCCCOC1c2ccccc2-c2ccc(C(=O)Oc3ccc(OC(=O)C(C)CC)cc3)cc21. The van der Waals surface area contributed by atoms with E-state index in [1.165, 1.54) is 51.4 Å². The van der Waals surface area contributed by atoms with Crippen molar-refractivity contribution in [1.29, 1.82) is 0 Å². The number of hydrogen-bond donors (Lipinski definition) is 0. The molecule has 0 saturated carbocycles. The van der Waals surface area contributed by atoms with Crippen molar-refractivity contribution in [3.05, 3.63) is 83.4 Å². The second kappa shape index (κ2) is 15.5. The average molecular weight is 557 g/mol. The number of unbranched alkanes of at least 4 members (excludes halogenated alkanes) is 8. The highest BCUT2D eigenvalue weighted by molar-refractivity contribution is 5.93. The highest BCUT2D eigenvalue weighted by Gasteiger charge is 2.30. The Morgan fingerprint density at radius 3 is 2.00 bits per heavy atom. The summed E-state index contributed by atoms with van der Waals surface area (Å²) in [5.41, 5.74) is 4.87. The molecular formula is C36H44O5. The molecule has 0 N–H and O–H groups in total. The first-order chi connectivity index (χ1) is 20.0. The molecule has 3 aromatic carbocycles. The van der Waals surface area contributed by atoms with E-state index >= 15 is 0 Å². The van der Waals surface area contributed by atoms with Gasteiger partial charge in [0.25, 0.3) is 0 Å². The molecule has 5 nitrogen and oxygen atoms in total. The molecule has 2 unspecified atom stereocenters. The number of esters is 2. The van der Waals surface area contributed by atoms with Crippen LogP contribution in [0.4, 0.5) is 0 Å². The van der Waals surface area contributed by atoms with Crippen LogP contribution in [0.3, 0.4) is 0 Å². The summed E-state index contributed by atoms with van der Waals surface area (Å²) in [5.74, 6) is -0.0641. The van der Waals surface area contributed by atoms with E-state index in [-0.39, 0.29) is 18.0 Å². The number of carbonyl (C=O) groups excluding carboxylic acids is 2. The van der Waals surface area contributed by atoms with Gasteiger partial charge in [-0.1, -0.05) is 102 Å². The average Bonchev–Trinajstić information content (AvgIpc) is 3.31. The molecular weight excluding hydrogens is 512 g/mol. The van der Waals surface area contributed by atoms with Crippen molar-refractivity contribution in [1.82, 2.24) is 0 Å². The Bertz CT molecular complexity index is 1280. The third-order valence-corrected chi connectivity index (χ3v) is 7.90. The van der Waals surface area contributed by atoms with Gasteiger partial charge in [-0.05, 0) is 71.5 Å². The third-order valence-electron chi connectivity index (χ3n) is 7.90. The molecule has 2 atom stereocenters. The Labute approximate surface area is 245 Å². The summed E-state index contributed by atoms with van der Waals surface area (Å²) in [6.07, 6.45) is 12.0. The Morgan fingerprint density at radius 2 is 1.32 bits per heavy atom. The molecule has 0 aromatic heterocycles. The Balaban J connectivity index is 1.35. The van der Waals surface area contributed by atoms with E-state index < -0.39 is 5.97 Å². The molecule has 0 amide bonds. The van der Waals surface area contributed by atoms with Gasteiger partial charge >= 0.3 is 11.9 Å². The molecule has 0 fully saturated rings. The Morgan fingerprint density at radius 1 is 0.707 bits per heavy atom. The first-order valence-electron chi connectivity index (χ1n) is 15.4. The third kappa shape index (κ3) is 8.29. The lowest BCUT2D eigenvalue weighted by atomic mass is 10.0. The first-order valence-corrected chi connectivity index (χ1v) is 15.4. The minimum Gasteiger partial charge on any atom is -0.426 e. The number of hydrogen-bond acceptors (Lipinski definition) is 5. The highest BCUT2D eigenvalue weighted by atomic mass is 16.5. The molecule has 0 heterocycles. The largest absolute Gasteiger partial charge is 0.426 e. The molecule has 5 heteroatoms. The molecule has 41 heavy (non-hydrogen) atoms. The summed E-state index contributed by atoms with van der Waals surface area (Å²) >= 11 is 0. The predicted molar refractivity (Wildman–Crippen MR) is 163 cm³/mol. The van der Waals surface area contributed by atoms with Crippen LogP contribution in [0.15, 0.2) is 66.7 Å². The molecule has 0 spiro atoms. The zero-order valence-electron chi connectivity index (χ0n) is 24.8. The number of rotatable bonds is 16. The summed E-state index contributed by atoms with van der Waals surface area (Å²) in [5, 5.41) is 0. The highest BCUT2D eigenvalue weighted by Crippen LogP contribution is 2.45. The Hall–Kier alpha value is -3.44. The van der Waals surface area contributed by atoms with Gasteiger partial charge in [-0.15, -0.1) is 0 Å². The zero-order chi connectivity index (χ0) is 29.0. The summed E-state index contributed by atoms with van der Waals surface area (Å²) < 4.78 is 17.5. The van der Waals surface area contributed by atoms with Crippen LogP contribution in [0.2, 0.25) is 0 Å². The van der Waals surface area contributed by atoms with Crippen LogP contribution in [-0.4, -0.2) is 18.5 Å². The van der Waals surface area contributed by atoms with Gasteiger partial charge in [-0.3, -0.25) is 4.79 Å². The normalized spacial score (nSPS) is 14.3. The van der Waals surface area contributed by atoms with Crippen LogP contribution in [0, 0.1) is 5.92 Å². The van der Waals surface area contributed by atoms with E-state index in [2.05, 4.69) is 19.1 Å². The number of fused-ring (bicyclic) bond motifs is 3. The Kier molecular flexibility index (Phi) is 11.6. The van der Waals surface area contributed by atoms with Gasteiger partial charge in [0, 0.05) is 6.61 Å². The second-order valence-corrected chi connectivity index (χ2v) is 11.1. The quantitative estimate of drug-likeness (QED) is 0.0999. The molecule has 1 aliphatic rings. The first kappa shape index (κ1) is 30.5. The molecule has 4 rings (SSSR count). The minimum atomic E-state index is -0.439. The number of benzene rings is 3. The molecule has 0 saturated heterocycles. The summed E-state index contributed by atoms with van der Waals surface area (Å²) in [6, 6.07) is 20.6. The van der Waals surface area contributed by atoms with E-state index in [9.17, 15) is 9.59 Å². The maximum Gasteiger partial charge on any atom is 0.343 e. The van der Waals surface area contributed by atoms with Crippen molar-refractivity contribution < 1.29 is 23.8 Å². The fourth-order valence-corrected chi connectivity index (χ4v) is 5.21. The molecule has 0 bridgehead atoms. The maximum absolute atomic E-state index is 13.1. The van der Waals surface area contributed by atoms with Crippen LogP contribution in [0.5, 0.6) is 11.5 Å². The van der Waals surface area contributed by atoms with E-state index in [1.54, 1.807) is 24.3 Å². The summed E-state index contributed by atoms with van der Waals surface area (Å²) in [4.78, 5) is 25.1. The number of ether oxygens (including phenoxy) is 3. The van der Waals surface area contributed by atoms with Gasteiger partial charge < -0.3 is 14.2 Å². The molecule has 218 valence electrons. The lowest BCUT2D eigenvalue weighted by Gasteiger charge is -2.16. The van der Waals surface area contributed by atoms with Gasteiger partial charge in [0.05, 0.1) is 11.5 Å². The van der Waals surface area contributed by atoms with Gasteiger partial charge in [0.2, 0.25) is 0 Å². The molecule has 1 aliphatic carbocycles. The topological polar surface area (TPSA) is 61.8 Å². The van der Waals surface area contributed by atoms with Crippen LogP contribution in [0.25, 0.3) is 11.1 Å². The fraction of sp³-hybridized carbons (Fsp3) is 0.444. The lowest BCUT2D eigenvalue weighted by molar-refractivity contribution is -0.138. The standard InChI is InChI=1S/C36H44O5/c1-4-6-7-8-9-10-11-12-15-24-39-34-32-17-14-13-16-30(32)31-23-18-27(25-33(31)34)36(38)41-29-21-19-28(20-22-29)40-35(37)26(3)5-2/h13-14,16-23,25-26,34H,4-12,15,24H2,1-3H3. The summed E-state index contributed by atoms with van der Waals surface area (Å²) in [7, 11) is 0. The van der Waals surface area contributed by atoms with Crippen molar-refractivity contribution in [2.75, 3.05) is 6.61 Å². The van der Waals surface area contributed by atoms with Crippen molar-refractivity contribution in [2.45, 2.75) is 91.1 Å². The van der Waals surface area contributed by atoms with Crippen LogP contribution in [0.1, 0.15) is 113 Å². The van der Waals surface area contributed by atoms with E-state index in [1.807, 2.05) is 44.2 Å². The van der Waals surface area contributed by atoms with Crippen molar-refractivity contribution in [3.63, 3.8) is 0 Å². The monoisotopic (exact) mass is 556 g/mol. The van der Waals surface area contributed by atoms with Crippen LogP contribution in [-0.2, 0) is 9.53 Å². The molecule has 0 radical (unpaired) electrons. The molecule has 3 aromatic rings. The maximum atomic E-state index is 13.1. The zero-order valence-corrected chi connectivity index (χ0v) is 24.8. The minimum absolute atomic E-state index is 0.170. The van der Waals surface area contributed by atoms with Crippen molar-refractivity contribution in [3.8, 4) is 22.6 Å². The second-order valence-electron chi connectivity index (χ2n) is 11.1. The van der Waals surface area contributed by atoms with Gasteiger partial charge in [-0.2, -0.15) is 0 Å². The van der Waals surface area contributed by atoms with Crippen LogP contribution >= 0.6 is 0 Å². The van der Waals surface area contributed by atoms with Crippen molar-refractivity contribution in [2.24, 2.45) is 5.92 Å². The smallest absolute Gasteiger partial charge is 0.343 e. The van der Waals surface area contributed by atoms with Gasteiger partial charge in [0.1, 0.15) is 17.6 Å². The van der Waals surface area contributed by atoms with E-state index in [0.717, 1.165) is 28.7 Å². The van der Waals surface area contributed by atoms with Crippen LogP contribution < -0.4 is 9.47 Å². The van der Waals surface area contributed by atoms with E-state index in [4.69, 9.17) is 14.2 Å². The molecule has 0 aliphatic heterocycles. The number of carbonyl (C=O) groups is 2. The summed E-state index contributed by atoms with van der Waals surface area (Å²) in [6.45, 7) is 6.72. The fourth-order valence-electron chi connectivity index (χ4n) is 5.21. The van der Waals surface area contributed by atoms with Crippen molar-refractivity contribution >= 4 is 11.9 Å². The predicted octanol–water partition coefficient (Wildman–Crippen LogP) is 9.47. The van der Waals surface area contributed by atoms with Gasteiger partial charge in [-0.25, -0.2) is 4.79 Å². The lowest BCUT2D eigenvalue weighted by Crippen LogP contribution is -2.16. The van der Waals surface area contributed by atoms with Gasteiger partial charge in [0.15, 0.2) is 0 Å².